The second-order valence-corrected chi connectivity index (χ2v) is 4.50. The van der Waals surface area contributed by atoms with Gasteiger partial charge in [0.2, 0.25) is 11.9 Å². The molecule has 0 amide bonds. The molecule has 6 heteroatoms. The van der Waals surface area contributed by atoms with Crippen LogP contribution in [-0.4, -0.2) is 36.6 Å². The van der Waals surface area contributed by atoms with Crippen molar-refractivity contribution in [2.75, 3.05) is 6.67 Å². The van der Waals surface area contributed by atoms with Gasteiger partial charge in [-0.3, -0.25) is 9.59 Å². The van der Waals surface area contributed by atoms with E-state index < -0.39 is 30.5 Å². The molecule has 0 aromatic carbocycles. The van der Waals surface area contributed by atoms with Crippen molar-refractivity contribution in [1.82, 2.24) is 0 Å². The molecule has 4 atom stereocenters. The molecular formula is C12H19FO5. The molecule has 0 spiro atoms. The molecule has 18 heavy (non-hydrogen) atoms. The average Bonchev–Trinajstić information content (AvgIpc) is 2.52. The highest BCUT2D eigenvalue weighted by atomic mass is 19.1. The zero-order valence-corrected chi connectivity index (χ0v) is 11.1. The number of rotatable bonds is 4. The summed E-state index contributed by atoms with van der Waals surface area (Å²) in [6, 6.07) is 0. The zero-order chi connectivity index (χ0) is 13.9. The predicted octanol–water partition coefficient (Wildman–Crippen LogP) is 1.59. The van der Waals surface area contributed by atoms with E-state index >= 15 is 0 Å². The highest BCUT2D eigenvalue weighted by Gasteiger charge is 2.59. The summed E-state index contributed by atoms with van der Waals surface area (Å²) in [7, 11) is 0. The van der Waals surface area contributed by atoms with Crippen molar-refractivity contribution >= 4 is 11.9 Å². The molecule has 0 saturated carbocycles. The van der Waals surface area contributed by atoms with Crippen LogP contribution in [0, 0.1) is 5.92 Å². The molecule has 5 nitrogen and oxygen atoms in total. The number of esters is 2. The first-order valence-electron chi connectivity index (χ1n) is 5.95. The third-order valence-corrected chi connectivity index (χ3v) is 3.24. The molecule has 0 N–H and O–H groups in total. The van der Waals surface area contributed by atoms with Crippen molar-refractivity contribution in [2.24, 2.45) is 5.92 Å². The number of carbonyl (C=O) groups is 2. The third kappa shape index (κ3) is 2.63. The fourth-order valence-electron chi connectivity index (χ4n) is 2.27. The summed E-state index contributed by atoms with van der Waals surface area (Å²) in [5, 5.41) is 0. The molecule has 0 aliphatic carbocycles. The van der Waals surface area contributed by atoms with E-state index in [0.717, 1.165) is 0 Å². The molecule has 1 fully saturated rings. The lowest BCUT2D eigenvalue weighted by Gasteiger charge is -2.32. The van der Waals surface area contributed by atoms with Gasteiger partial charge in [-0.05, 0) is 6.42 Å². The summed E-state index contributed by atoms with van der Waals surface area (Å²) in [5.41, 5.74) is -1.54. The van der Waals surface area contributed by atoms with Gasteiger partial charge in [0.25, 0.3) is 0 Å². The van der Waals surface area contributed by atoms with Gasteiger partial charge in [-0.25, -0.2) is 4.39 Å². The van der Waals surface area contributed by atoms with Gasteiger partial charge < -0.3 is 14.2 Å². The summed E-state index contributed by atoms with van der Waals surface area (Å²) >= 11 is 0. The number of hydrogen-bond donors (Lipinski definition) is 0. The number of carbonyl (C=O) groups excluding carboxylic acids is 2. The topological polar surface area (TPSA) is 61.8 Å². The van der Waals surface area contributed by atoms with Gasteiger partial charge >= 0.3 is 11.9 Å². The Morgan fingerprint density at radius 2 is 1.94 bits per heavy atom. The number of hydrogen-bond acceptors (Lipinski definition) is 5. The molecule has 0 aromatic heterocycles. The number of alkyl halides is 1. The second kappa shape index (κ2) is 5.65. The van der Waals surface area contributed by atoms with Crippen LogP contribution in [0.3, 0.4) is 0 Å². The van der Waals surface area contributed by atoms with Crippen LogP contribution in [0.1, 0.15) is 34.1 Å². The van der Waals surface area contributed by atoms with E-state index in [1.165, 1.54) is 13.8 Å². The predicted molar refractivity (Wildman–Crippen MR) is 60.4 cm³/mol. The lowest BCUT2D eigenvalue weighted by Crippen LogP contribution is -2.51. The fourth-order valence-corrected chi connectivity index (χ4v) is 2.27. The summed E-state index contributed by atoms with van der Waals surface area (Å²) in [6.45, 7) is 5.02. The van der Waals surface area contributed by atoms with E-state index in [9.17, 15) is 14.0 Å². The van der Waals surface area contributed by atoms with Gasteiger partial charge in [0.15, 0.2) is 0 Å². The van der Waals surface area contributed by atoms with E-state index in [4.69, 9.17) is 14.2 Å². The standard InChI is InChI=1S/C12H19FO5/c1-5-10-7(2)12(6-13,18-9(4)15)11(17-10)16-8(3)14/h7,10-11H,5-6H2,1-4H3/t7?,10-,11?,12-/m1/s1. The lowest BCUT2D eigenvalue weighted by molar-refractivity contribution is -0.222. The van der Waals surface area contributed by atoms with E-state index in [-0.39, 0.29) is 12.0 Å². The fraction of sp³-hybridized carbons (Fsp3) is 0.833. The van der Waals surface area contributed by atoms with Crippen LogP contribution >= 0.6 is 0 Å². The lowest BCUT2D eigenvalue weighted by atomic mass is 9.86. The molecule has 1 rings (SSSR count). The minimum Gasteiger partial charge on any atom is -0.449 e. The monoisotopic (exact) mass is 262 g/mol. The highest BCUT2D eigenvalue weighted by molar-refractivity contribution is 5.68. The molecule has 104 valence electrons. The number of halogens is 1. The van der Waals surface area contributed by atoms with E-state index in [2.05, 4.69) is 0 Å². The minimum atomic E-state index is -1.54. The van der Waals surface area contributed by atoms with Crippen LogP contribution in [0.4, 0.5) is 4.39 Å². The molecule has 2 unspecified atom stereocenters. The van der Waals surface area contributed by atoms with Crippen LogP contribution in [0.5, 0.6) is 0 Å². The van der Waals surface area contributed by atoms with Crippen molar-refractivity contribution < 1.29 is 28.2 Å². The van der Waals surface area contributed by atoms with E-state index in [1.54, 1.807) is 6.92 Å². The maximum absolute atomic E-state index is 13.4. The van der Waals surface area contributed by atoms with E-state index in [0.29, 0.717) is 6.42 Å². The first-order valence-corrected chi connectivity index (χ1v) is 5.95. The van der Waals surface area contributed by atoms with Crippen molar-refractivity contribution in [1.29, 1.82) is 0 Å². The normalized spacial score (nSPS) is 35.3. The van der Waals surface area contributed by atoms with E-state index in [1.807, 2.05) is 6.92 Å². The molecule has 0 bridgehead atoms. The Balaban J connectivity index is 3.04. The van der Waals surface area contributed by atoms with Crippen molar-refractivity contribution in [2.45, 2.75) is 52.1 Å². The zero-order valence-electron chi connectivity index (χ0n) is 11.1. The van der Waals surface area contributed by atoms with Crippen LogP contribution in [0.15, 0.2) is 0 Å². The largest absolute Gasteiger partial charge is 0.449 e. The number of ether oxygens (including phenoxy) is 3. The molecular weight excluding hydrogens is 243 g/mol. The average molecular weight is 262 g/mol. The van der Waals surface area contributed by atoms with Crippen LogP contribution in [-0.2, 0) is 23.8 Å². The maximum atomic E-state index is 13.4. The Labute approximate surface area is 106 Å². The molecule has 1 aliphatic rings. The Morgan fingerprint density at radius 1 is 1.33 bits per heavy atom. The molecule has 0 aromatic rings. The smallest absolute Gasteiger partial charge is 0.305 e. The minimum absolute atomic E-state index is 0.315. The Hall–Kier alpha value is -1.17. The molecule has 0 radical (unpaired) electrons. The van der Waals surface area contributed by atoms with Crippen molar-refractivity contribution in [3.8, 4) is 0 Å². The van der Waals surface area contributed by atoms with Gasteiger partial charge in [-0.2, -0.15) is 0 Å². The van der Waals surface area contributed by atoms with Crippen molar-refractivity contribution in [3.05, 3.63) is 0 Å². The van der Waals surface area contributed by atoms with Gasteiger partial charge in [-0.15, -0.1) is 0 Å². The first kappa shape index (κ1) is 14.9. The van der Waals surface area contributed by atoms with Crippen LogP contribution in [0.2, 0.25) is 0 Å². The summed E-state index contributed by atoms with van der Waals surface area (Å²) in [4.78, 5) is 22.2. The SMILES string of the molecule is CC[C@H]1OC(OC(C)=O)[C@](CF)(OC(C)=O)C1C. The molecule has 1 aliphatic heterocycles. The summed E-state index contributed by atoms with van der Waals surface area (Å²) < 4.78 is 28.9. The van der Waals surface area contributed by atoms with Gasteiger partial charge in [-0.1, -0.05) is 13.8 Å². The highest BCUT2D eigenvalue weighted by Crippen LogP contribution is 2.41. The third-order valence-electron chi connectivity index (χ3n) is 3.24. The van der Waals surface area contributed by atoms with Crippen LogP contribution in [0.25, 0.3) is 0 Å². The van der Waals surface area contributed by atoms with Gasteiger partial charge in [0.1, 0.15) is 6.67 Å². The first-order chi connectivity index (χ1) is 8.37. The van der Waals surface area contributed by atoms with Crippen LogP contribution < -0.4 is 0 Å². The Bertz CT molecular complexity index is 332. The molecule has 1 heterocycles. The maximum Gasteiger partial charge on any atom is 0.305 e. The quantitative estimate of drug-likeness (QED) is 0.720. The second-order valence-electron chi connectivity index (χ2n) is 4.50. The van der Waals surface area contributed by atoms with Crippen molar-refractivity contribution in [3.63, 3.8) is 0 Å². The summed E-state index contributed by atoms with van der Waals surface area (Å²) in [6.07, 6.45) is -0.893. The Morgan fingerprint density at radius 3 is 2.33 bits per heavy atom. The molecule has 1 saturated heterocycles. The van der Waals surface area contributed by atoms with Gasteiger partial charge in [0, 0.05) is 19.8 Å². The van der Waals surface area contributed by atoms with Gasteiger partial charge in [0.05, 0.1) is 6.10 Å². The summed E-state index contributed by atoms with van der Waals surface area (Å²) in [5.74, 6) is -1.62. The Kier molecular flexibility index (Phi) is 4.67.